The zero-order chi connectivity index (χ0) is 18.0. The molecule has 2 heterocycles. The molecule has 0 radical (unpaired) electrons. The van der Waals surface area contributed by atoms with E-state index in [1.54, 1.807) is 19.6 Å². The highest BCUT2D eigenvalue weighted by Crippen LogP contribution is 2.42. The normalized spacial score (nSPS) is 22.5. The highest BCUT2D eigenvalue weighted by molar-refractivity contribution is 6.30. The van der Waals surface area contributed by atoms with Crippen molar-refractivity contribution in [1.82, 2.24) is 9.55 Å². The minimum absolute atomic E-state index is 0.169. The van der Waals surface area contributed by atoms with E-state index < -0.39 is 5.79 Å². The summed E-state index contributed by atoms with van der Waals surface area (Å²) in [5.74, 6) is -0.101. The summed E-state index contributed by atoms with van der Waals surface area (Å²) >= 11 is 6.00. The molecule has 0 amide bonds. The van der Waals surface area contributed by atoms with Crippen molar-refractivity contribution in [2.24, 2.45) is 0 Å². The Morgan fingerprint density at radius 2 is 1.96 bits per heavy atom. The van der Waals surface area contributed by atoms with E-state index >= 15 is 0 Å². The summed E-state index contributed by atoms with van der Waals surface area (Å²) in [4.78, 5) is 4.12. The van der Waals surface area contributed by atoms with Crippen molar-refractivity contribution in [3.05, 3.63) is 83.4 Å². The first-order chi connectivity index (χ1) is 12.7. The molecule has 1 aliphatic rings. The molecule has 5 nitrogen and oxygen atoms in total. The molecule has 0 aliphatic carbocycles. The highest BCUT2D eigenvalue weighted by Gasteiger charge is 2.44. The van der Waals surface area contributed by atoms with Crippen molar-refractivity contribution in [1.29, 1.82) is 0 Å². The van der Waals surface area contributed by atoms with Gasteiger partial charge < -0.3 is 18.8 Å². The van der Waals surface area contributed by atoms with Crippen LogP contribution in [-0.2, 0) is 21.8 Å². The quantitative estimate of drug-likeness (QED) is 0.675. The van der Waals surface area contributed by atoms with Gasteiger partial charge in [0.25, 0.3) is 0 Å². The maximum absolute atomic E-state index is 6.45. The molecule has 0 spiro atoms. The summed E-state index contributed by atoms with van der Waals surface area (Å²) in [5.41, 5.74) is 1.97. The Bertz CT molecular complexity index is 850. The SMILES string of the molecule is COc1ccc(C2(Cn3ccnc3)OCC(c3ccc(Cl)cc3)O2)cc1. The van der Waals surface area contributed by atoms with E-state index in [0.29, 0.717) is 18.2 Å². The molecule has 2 unspecified atom stereocenters. The van der Waals surface area contributed by atoms with Gasteiger partial charge in [-0.3, -0.25) is 0 Å². The number of hydrogen-bond donors (Lipinski definition) is 0. The Balaban J connectivity index is 1.66. The van der Waals surface area contributed by atoms with Crippen molar-refractivity contribution >= 4 is 11.6 Å². The summed E-state index contributed by atoms with van der Waals surface area (Å²) < 4.78 is 19.9. The van der Waals surface area contributed by atoms with Gasteiger partial charge in [-0.15, -0.1) is 0 Å². The molecular weight excluding hydrogens is 352 g/mol. The number of imidazole rings is 1. The zero-order valence-electron chi connectivity index (χ0n) is 14.3. The highest BCUT2D eigenvalue weighted by atomic mass is 35.5. The third-order valence-electron chi connectivity index (χ3n) is 4.52. The van der Waals surface area contributed by atoms with E-state index in [1.165, 1.54) is 0 Å². The van der Waals surface area contributed by atoms with Crippen molar-refractivity contribution in [3.8, 4) is 5.75 Å². The molecule has 4 rings (SSSR count). The monoisotopic (exact) mass is 370 g/mol. The van der Waals surface area contributed by atoms with Gasteiger partial charge in [0.1, 0.15) is 11.9 Å². The predicted octanol–water partition coefficient (Wildman–Crippen LogP) is 4.19. The lowest BCUT2D eigenvalue weighted by atomic mass is 10.1. The average Bonchev–Trinajstić information content (AvgIpc) is 3.34. The topological polar surface area (TPSA) is 45.5 Å². The van der Waals surface area contributed by atoms with Crippen LogP contribution >= 0.6 is 11.6 Å². The number of rotatable bonds is 5. The average molecular weight is 371 g/mol. The second kappa shape index (κ2) is 7.11. The van der Waals surface area contributed by atoms with Crippen LogP contribution in [0.1, 0.15) is 17.2 Å². The zero-order valence-corrected chi connectivity index (χ0v) is 15.1. The lowest BCUT2D eigenvalue weighted by Crippen LogP contribution is -2.32. The molecule has 26 heavy (non-hydrogen) atoms. The molecule has 3 aromatic rings. The summed E-state index contributed by atoms with van der Waals surface area (Å²) in [7, 11) is 1.65. The maximum atomic E-state index is 6.45. The van der Waals surface area contributed by atoms with Gasteiger partial charge in [-0.25, -0.2) is 4.98 Å². The Morgan fingerprint density at radius 3 is 2.62 bits per heavy atom. The minimum atomic E-state index is -0.892. The number of hydrogen-bond acceptors (Lipinski definition) is 4. The first-order valence-electron chi connectivity index (χ1n) is 8.36. The Morgan fingerprint density at radius 1 is 1.19 bits per heavy atom. The fraction of sp³-hybridized carbons (Fsp3) is 0.250. The standard InChI is InChI=1S/C20H19ClN2O3/c1-24-18-8-4-16(5-9-18)20(13-23-11-10-22-14-23)25-12-19(26-20)15-2-6-17(21)7-3-15/h2-11,14,19H,12-13H2,1H3. The van der Waals surface area contributed by atoms with Crippen LogP contribution in [0, 0.1) is 0 Å². The minimum Gasteiger partial charge on any atom is -0.497 e. The number of ether oxygens (including phenoxy) is 3. The molecule has 2 aromatic carbocycles. The second-order valence-electron chi connectivity index (χ2n) is 6.19. The Kier molecular flexibility index (Phi) is 4.68. The summed E-state index contributed by atoms with van der Waals surface area (Å²) in [6.07, 6.45) is 5.23. The van der Waals surface area contributed by atoms with E-state index in [-0.39, 0.29) is 6.10 Å². The number of methoxy groups -OCH3 is 1. The molecule has 1 saturated heterocycles. The van der Waals surface area contributed by atoms with Crippen LogP contribution in [0.25, 0.3) is 0 Å². The molecule has 6 heteroatoms. The molecular formula is C20H19ClN2O3. The van der Waals surface area contributed by atoms with Gasteiger partial charge >= 0.3 is 0 Å². The smallest absolute Gasteiger partial charge is 0.214 e. The first kappa shape index (κ1) is 17.1. The summed E-state index contributed by atoms with van der Waals surface area (Å²) in [6, 6.07) is 15.4. The van der Waals surface area contributed by atoms with E-state index in [1.807, 2.05) is 59.3 Å². The fourth-order valence-electron chi connectivity index (χ4n) is 3.14. The van der Waals surface area contributed by atoms with Crippen LogP contribution in [0.3, 0.4) is 0 Å². The van der Waals surface area contributed by atoms with Crippen LogP contribution in [0.15, 0.2) is 67.3 Å². The number of benzene rings is 2. The van der Waals surface area contributed by atoms with Crippen molar-refractivity contribution in [2.75, 3.05) is 13.7 Å². The summed E-state index contributed by atoms with van der Waals surface area (Å²) in [5, 5.41) is 0.701. The maximum Gasteiger partial charge on any atom is 0.214 e. The van der Waals surface area contributed by atoms with Gasteiger partial charge in [0.2, 0.25) is 5.79 Å². The van der Waals surface area contributed by atoms with Gasteiger partial charge in [-0.1, -0.05) is 23.7 Å². The van der Waals surface area contributed by atoms with Crippen LogP contribution in [0.4, 0.5) is 0 Å². The predicted molar refractivity (Wildman–Crippen MR) is 98.1 cm³/mol. The van der Waals surface area contributed by atoms with E-state index in [2.05, 4.69) is 4.98 Å². The molecule has 134 valence electrons. The van der Waals surface area contributed by atoms with Gasteiger partial charge in [0, 0.05) is 23.0 Å². The van der Waals surface area contributed by atoms with E-state index in [9.17, 15) is 0 Å². The van der Waals surface area contributed by atoms with Crippen LogP contribution in [-0.4, -0.2) is 23.3 Å². The van der Waals surface area contributed by atoms with Gasteiger partial charge in [-0.05, 0) is 42.0 Å². The summed E-state index contributed by atoms with van der Waals surface area (Å²) in [6.45, 7) is 0.964. The molecule has 0 saturated carbocycles. The van der Waals surface area contributed by atoms with Crippen molar-refractivity contribution < 1.29 is 14.2 Å². The van der Waals surface area contributed by atoms with Crippen LogP contribution in [0.2, 0.25) is 5.02 Å². The van der Waals surface area contributed by atoms with Gasteiger partial charge in [-0.2, -0.15) is 0 Å². The molecule has 1 aromatic heterocycles. The fourth-order valence-corrected chi connectivity index (χ4v) is 3.27. The third kappa shape index (κ3) is 3.33. The van der Waals surface area contributed by atoms with Crippen LogP contribution < -0.4 is 4.74 Å². The first-order valence-corrected chi connectivity index (χ1v) is 8.74. The van der Waals surface area contributed by atoms with Crippen molar-refractivity contribution in [2.45, 2.75) is 18.4 Å². The Hall–Kier alpha value is -2.34. The number of aromatic nitrogens is 2. The molecule has 0 N–H and O–H groups in total. The number of halogens is 1. The van der Waals surface area contributed by atoms with Gasteiger partial charge in [0.05, 0.1) is 26.6 Å². The van der Waals surface area contributed by atoms with E-state index in [0.717, 1.165) is 16.9 Å². The van der Waals surface area contributed by atoms with Crippen molar-refractivity contribution in [3.63, 3.8) is 0 Å². The lowest BCUT2D eigenvalue weighted by molar-refractivity contribution is -0.187. The molecule has 1 aliphatic heterocycles. The van der Waals surface area contributed by atoms with Gasteiger partial charge in [0.15, 0.2) is 0 Å². The Labute approximate surface area is 157 Å². The molecule has 1 fully saturated rings. The third-order valence-corrected chi connectivity index (χ3v) is 4.77. The number of nitrogens with zero attached hydrogens (tertiary/aromatic N) is 2. The second-order valence-corrected chi connectivity index (χ2v) is 6.62. The van der Waals surface area contributed by atoms with Crippen LogP contribution in [0.5, 0.6) is 5.75 Å². The molecule has 0 bridgehead atoms. The van der Waals surface area contributed by atoms with E-state index in [4.69, 9.17) is 25.8 Å². The lowest BCUT2D eigenvalue weighted by Gasteiger charge is -2.29. The largest absolute Gasteiger partial charge is 0.497 e. The molecule has 2 atom stereocenters.